The van der Waals surface area contributed by atoms with Crippen LogP contribution in [0.3, 0.4) is 0 Å². The van der Waals surface area contributed by atoms with Gasteiger partial charge in [0.15, 0.2) is 0 Å². The van der Waals surface area contributed by atoms with Crippen molar-refractivity contribution in [1.29, 1.82) is 0 Å². The number of benzene rings is 2. The van der Waals surface area contributed by atoms with Crippen molar-refractivity contribution in [3.8, 4) is 5.75 Å². The minimum absolute atomic E-state index is 0.153. The Morgan fingerprint density at radius 1 is 1.00 bits per heavy atom. The Balaban J connectivity index is 1.80. The summed E-state index contributed by atoms with van der Waals surface area (Å²) >= 11 is 0. The summed E-state index contributed by atoms with van der Waals surface area (Å²) in [5, 5.41) is 11.6. The van der Waals surface area contributed by atoms with Gasteiger partial charge in [-0.25, -0.2) is 4.79 Å². The molecule has 1 heterocycles. The van der Waals surface area contributed by atoms with Crippen molar-refractivity contribution in [1.82, 2.24) is 10.2 Å². The summed E-state index contributed by atoms with van der Waals surface area (Å²) in [7, 11) is 0. The Morgan fingerprint density at radius 2 is 1.70 bits per heavy atom. The molecule has 2 aromatic carbocycles. The van der Waals surface area contributed by atoms with Crippen LogP contribution in [0.5, 0.6) is 5.75 Å². The van der Waals surface area contributed by atoms with Crippen molar-refractivity contribution in [2.75, 3.05) is 6.54 Å². The molecule has 1 aliphatic heterocycles. The highest BCUT2D eigenvalue weighted by Gasteiger charge is 2.32. The van der Waals surface area contributed by atoms with Gasteiger partial charge in [0.05, 0.1) is 0 Å². The van der Waals surface area contributed by atoms with Gasteiger partial charge in [0.2, 0.25) is 0 Å². The van der Waals surface area contributed by atoms with Gasteiger partial charge in [-0.1, -0.05) is 42.5 Å². The monoisotopic (exact) mass is 308 g/mol. The van der Waals surface area contributed by atoms with Gasteiger partial charge >= 0.3 is 6.03 Å². The fraction of sp³-hybridized carbons (Fsp3) is 0.111. The molecule has 0 unspecified atom stereocenters. The number of nitrogens with zero attached hydrogens (tertiary/aromatic N) is 1. The van der Waals surface area contributed by atoms with Crippen LogP contribution in [0.25, 0.3) is 6.08 Å². The standard InChI is InChI=1S/C18H16N2O3/c21-15-8-6-14(7-9-15)12-16-17(22)19-18(23)20(16)11-10-13-4-2-1-3-5-13/h1-9,12,21H,10-11H2,(H,19,22,23)/b16-12-. The number of phenols is 1. The molecule has 0 atom stereocenters. The predicted octanol–water partition coefficient (Wildman–Crippen LogP) is 2.53. The molecule has 0 saturated carbocycles. The SMILES string of the molecule is O=C1NC(=O)N(CCc2ccccc2)/C1=C\c1ccc(O)cc1. The highest BCUT2D eigenvalue weighted by Crippen LogP contribution is 2.19. The largest absolute Gasteiger partial charge is 0.508 e. The van der Waals surface area contributed by atoms with Crippen LogP contribution >= 0.6 is 0 Å². The van der Waals surface area contributed by atoms with E-state index in [4.69, 9.17) is 0 Å². The highest BCUT2D eigenvalue weighted by atomic mass is 16.3. The molecule has 0 aromatic heterocycles. The van der Waals surface area contributed by atoms with Crippen LogP contribution in [-0.2, 0) is 11.2 Å². The Labute approximate surface area is 133 Å². The lowest BCUT2D eigenvalue weighted by molar-refractivity contribution is -0.116. The van der Waals surface area contributed by atoms with Gasteiger partial charge in [-0.05, 0) is 35.8 Å². The lowest BCUT2D eigenvalue weighted by Crippen LogP contribution is -2.29. The molecule has 5 nitrogen and oxygen atoms in total. The molecule has 116 valence electrons. The third-order valence-corrected chi connectivity index (χ3v) is 3.65. The first-order chi connectivity index (χ1) is 11.1. The van der Waals surface area contributed by atoms with Crippen LogP contribution in [0.1, 0.15) is 11.1 Å². The maximum absolute atomic E-state index is 12.0. The van der Waals surface area contributed by atoms with E-state index in [1.54, 1.807) is 18.2 Å². The van der Waals surface area contributed by atoms with Crippen LogP contribution < -0.4 is 5.32 Å². The number of hydrogen-bond donors (Lipinski definition) is 2. The summed E-state index contributed by atoms with van der Waals surface area (Å²) in [6, 6.07) is 15.8. The first-order valence-corrected chi connectivity index (χ1v) is 7.31. The summed E-state index contributed by atoms with van der Waals surface area (Å²) in [5.41, 5.74) is 2.16. The van der Waals surface area contributed by atoms with Gasteiger partial charge in [0.1, 0.15) is 11.4 Å². The normalized spacial score (nSPS) is 16.0. The average Bonchev–Trinajstić information content (AvgIpc) is 2.82. The van der Waals surface area contributed by atoms with Crippen molar-refractivity contribution in [2.45, 2.75) is 6.42 Å². The topological polar surface area (TPSA) is 69.6 Å². The number of hydrogen-bond acceptors (Lipinski definition) is 3. The van der Waals surface area contributed by atoms with Gasteiger partial charge in [-0.15, -0.1) is 0 Å². The van der Waals surface area contributed by atoms with Crippen molar-refractivity contribution in [3.63, 3.8) is 0 Å². The molecule has 1 saturated heterocycles. The number of carbonyl (C=O) groups excluding carboxylic acids is 2. The van der Waals surface area contributed by atoms with E-state index < -0.39 is 11.9 Å². The lowest BCUT2D eigenvalue weighted by Gasteiger charge is -2.15. The Morgan fingerprint density at radius 3 is 2.39 bits per heavy atom. The number of nitrogens with one attached hydrogen (secondary N) is 1. The molecule has 0 aliphatic carbocycles. The molecule has 1 aliphatic rings. The molecule has 23 heavy (non-hydrogen) atoms. The first-order valence-electron chi connectivity index (χ1n) is 7.31. The zero-order valence-corrected chi connectivity index (χ0v) is 12.4. The number of carbonyl (C=O) groups is 2. The molecular weight excluding hydrogens is 292 g/mol. The zero-order chi connectivity index (χ0) is 16.2. The van der Waals surface area contributed by atoms with Crippen molar-refractivity contribution >= 4 is 18.0 Å². The summed E-state index contributed by atoms with van der Waals surface area (Å²) < 4.78 is 0. The number of rotatable bonds is 4. The van der Waals surface area contributed by atoms with E-state index in [1.807, 2.05) is 30.3 Å². The average molecular weight is 308 g/mol. The van der Waals surface area contributed by atoms with E-state index >= 15 is 0 Å². The Hall–Kier alpha value is -3.08. The van der Waals surface area contributed by atoms with Gasteiger partial charge in [-0.2, -0.15) is 0 Å². The van der Waals surface area contributed by atoms with Crippen molar-refractivity contribution in [3.05, 3.63) is 71.4 Å². The summed E-state index contributed by atoms with van der Waals surface area (Å²) in [5.74, 6) is -0.254. The molecule has 2 aromatic rings. The van der Waals surface area contributed by atoms with Gasteiger partial charge in [0, 0.05) is 6.54 Å². The molecule has 0 radical (unpaired) electrons. The molecule has 3 amide bonds. The van der Waals surface area contributed by atoms with E-state index in [0.717, 1.165) is 11.1 Å². The third-order valence-electron chi connectivity index (χ3n) is 3.65. The first kappa shape index (κ1) is 14.8. The van der Waals surface area contributed by atoms with E-state index in [2.05, 4.69) is 5.32 Å². The fourth-order valence-electron chi connectivity index (χ4n) is 2.44. The fourth-order valence-corrected chi connectivity index (χ4v) is 2.44. The van der Waals surface area contributed by atoms with Gasteiger partial charge in [0.25, 0.3) is 5.91 Å². The number of amides is 3. The molecule has 0 bridgehead atoms. The number of imide groups is 1. The van der Waals surface area contributed by atoms with Crippen LogP contribution in [0.15, 0.2) is 60.3 Å². The summed E-state index contributed by atoms with van der Waals surface area (Å²) in [6.45, 7) is 0.422. The molecular formula is C18H16N2O3. The van der Waals surface area contributed by atoms with Crippen molar-refractivity contribution < 1.29 is 14.7 Å². The van der Waals surface area contributed by atoms with E-state index in [9.17, 15) is 14.7 Å². The van der Waals surface area contributed by atoms with E-state index in [0.29, 0.717) is 18.7 Å². The Kier molecular flexibility index (Phi) is 4.10. The summed E-state index contributed by atoms with van der Waals surface area (Å²) in [6.07, 6.45) is 2.30. The van der Waals surface area contributed by atoms with E-state index in [1.165, 1.54) is 17.0 Å². The van der Waals surface area contributed by atoms with Crippen LogP contribution in [0.2, 0.25) is 0 Å². The highest BCUT2D eigenvalue weighted by molar-refractivity contribution is 6.13. The number of aromatic hydroxyl groups is 1. The van der Waals surface area contributed by atoms with Gasteiger partial charge < -0.3 is 5.11 Å². The second kappa shape index (κ2) is 6.36. The van der Waals surface area contributed by atoms with Crippen molar-refractivity contribution in [2.24, 2.45) is 0 Å². The second-order valence-electron chi connectivity index (χ2n) is 5.27. The minimum Gasteiger partial charge on any atom is -0.508 e. The van der Waals surface area contributed by atoms with E-state index in [-0.39, 0.29) is 5.75 Å². The minimum atomic E-state index is -0.407. The number of phenolic OH excluding ortho intramolecular Hbond substituents is 1. The molecule has 3 rings (SSSR count). The van der Waals surface area contributed by atoms with Crippen LogP contribution in [0, 0.1) is 0 Å². The second-order valence-corrected chi connectivity index (χ2v) is 5.27. The van der Waals surface area contributed by atoms with Crippen LogP contribution in [-0.4, -0.2) is 28.5 Å². The summed E-state index contributed by atoms with van der Waals surface area (Å²) in [4.78, 5) is 25.4. The number of urea groups is 1. The zero-order valence-electron chi connectivity index (χ0n) is 12.4. The quantitative estimate of drug-likeness (QED) is 0.673. The molecule has 2 N–H and O–H groups in total. The van der Waals surface area contributed by atoms with Crippen LogP contribution in [0.4, 0.5) is 4.79 Å². The smallest absolute Gasteiger partial charge is 0.329 e. The third kappa shape index (κ3) is 3.40. The Bertz CT molecular complexity index is 752. The predicted molar refractivity (Wildman–Crippen MR) is 86.5 cm³/mol. The lowest BCUT2D eigenvalue weighted by atomic mass is 10.1. The molecule has 1 fully saturated rings. The maximum Gasteiger partial charge on any atom is 0.329 e. The molecule has 5 heteroatoms. The molecule has 0 spiro atoms. The van der Waals surface area contributed by atoms with Gasteiger partial charge in [-0.3, -0.25) is 15.0 Å². The maximum atomic E-state index is 12.0.